The number of carbonyl (C=O) groups is 2. The number of carbonyl (C=O) groups excluding carboxylic acids is 2. The Bertz CT molecular complexity index is 945. The van der Waals surface area contributed by atoms with E-state index in [4.69, 9.17) is 9.11 Å². The Morgan fingerprint density at radius 2 is 1.77 bits per heavy atom. The number of fused-ring (bicyclic) bond motifs is 1. The molecule has 3 atom stereocenters. The van der Waals surface area contributed by atoms with Crippen molar-refractivity contribution >= 4 is 32.5 Å². The van der Waals surface area contributed by atoms with Crippen LogP contribution in [-0.4, -0.2) is 65.6 Å². The molecule has 1 aromatic carbocycles. The van der Waals surface area contributed by atoms with Gasteiger partial charge in [0.1, 0.15) is 6.04 Å². The van der Waals surface area contributed by atoms with Crippen molar-refractivity contribution in [2.75, 3.05) is 6.54 Å². The van der Waals surface area contributed by atoms with Crippen LogP contribution in [0.15, 0.2) is 30.3 Å². The van der Waals surface area contributed by atoms with Gasteiger partial charge in [-0.15, -0.1) is 0 Å². The summed E-state index contributed by atoms with van der Waals surface area (Å²) in [6.45, 7) is -0.0515. The van der Waals surface area contributed by atoms with Gasteiger partial charge in [-0.05, 0) is 12.0 Å². The molecular weight excluding hydrogens is 392 g/mol. The van der Waals surface area contributed by atoms with E-state index in [0.29, 0.717) is 0 Å². The first kappa shape index (κ1) is 18.7. The molecule has 2 aliphatic heterocycles. The molecule has 13 heteroatoms. The van der Waals surface area contributed by atoms with Crippen molar-refractivity contribution in [3.8, 4) is 0 Å². The molecule has 11 nitrogen and oxygen atoms in total. The fourth-order valence-electron chi connectivity index (χ4n) is 3.20. The maximum absolute atomic E-state index is 12.8. The van der Waals surface area contributed by atoms with Gasteiger partial charge in [-0.1, -0.05) is 30.3 Å². The SMILES string of the molecule is O=C(C(OS(=O)(=O)O)c1ccccc1)N1CCC2C1C(=O)N2S(=O)(=O)O. The van der Waals surface area contributed by atoms with Crippen LogP contribution in [0, 0.1) is 0 Å². The average Bonchev–Trinajstić information content (AvgIpc) is 2.89. The highest BCUT2D eigenvalue weighted by atomic mass is 32.3. The summed E-state index contributed by atoms with van der Waals surface area (Å²) >= 11 is 0. The molecule has 0 aliphatic carbocycles. The third-order valence-electron chi connectivity index (χ3n) is 4.21. The van der Waals surface area contributed by atoms with E-state index in [-0.39, 0.29) is 22.8 Å². The van der Waals surface area contributed by atoms with Crippen LogP contribution in [0.3, 0.4) is 0 Å². The lowest BCUT2D eigenvalue weighted by Gasteiger charge is -2.42. The Hall–Kier alpha value is -2.06. The standard InChI is InChI=1S/C13H14N2O9S2/c16-12-10-9(15(12)25(18,19)20)6-7-14(10)13(17)11(24-26(21,22)23)8-4-2-1-3-5-8/h1-5,9-11H,6-7H2,(H,18,19,20)(H,21,22,23). The molecule has 0 radical (unpaired) electrons. The van der Waals surface area contributed by atoms with Gasteiger partial charge in [0, 0.05) is 6.54 Å². The summed E-state index contributed by atoms with van der Waals surface area (Å²) in [5, 5.41) is 0. The number of benzene rings is 1. The number of nitrogens with zero attached hydrogens (tertiary/aromatic N) is 2. The Balaban J connectivity index is 1.88. The van der Waals surface area contributed by atoms with Crippen LogP contribution in [0.1, 0.15) is 18.1 Å². The molecule has 0 spiro atoms. The van der Waals surface area contributed by atoms with Gasteiger partial charge in [0.2, 0.25) is 0 Å². The zero-order valence-corrected chi connectivity index (χ0v) is 14.6. The van der Waals surface area contributed by atoms with Crippen LogP contribution in [-0.2, 0) is 34.5 Å². The summed E-state index contributed by atoms with van der Waals surface area (Å²) in [7, 11) is -9.73. The molecule has 0 saturated carbocycles. The number of likely N-dealkylation sites (tertiary alicyclic amines) is 1. The summed E-state index contributed by atoms with van der Waals surface area (Å²) in [6, 6.07) is 5.37. The maximum atomic E-state index is 12.8. The van der Waals surface area contributed by atoms with Crippen molar-refractivity contribution in [1.82, 2.24) is 9.21 Å². The third kappa shape index (κ3) is 3.31. The molecule has 2 N–H and O–H groups in total. The van der Waals surface area contributed by atoms with Gasteiger partial charge in [0.05, 0.1) is 6.04 Å². The highest BCUT2D eigenvalue weighted by Crippen LogP contribution is 2.37. The van der Waals surface area contributed by atoms with E-state index in [1.165, 1.54) is 24.3 Å². The quantitative estimate of drug-likeness (QED) is 0.470. The Morgan fingerprint density at radius 1 is 1.15 bits per heavy atom. The summed E-state index contributed by atoms with van der Waals surface area (Å²) in [5.41, 5.74) is 0.122. The minimum atomic E-state index is -4.99. The van der Waals surface area contributed by atoms with Crippen LogP contribution < -0.4 is 0 Å². The van der Waals surface area contributed by atoms with Crippen molar-refractivity contribution in [2.45, 2.75) is 24.6 Å². The van der Waals surface area contributed by atoms with Gasteiger partial charge in [-0.3, -0.25) is 18.7 Å². The highest BCUT2D eigenvalue weighted by Gasteiger charge is 2.60. The molecule has 0 aromatic heterocycles. The van der Waals surface area contributed by atoms with E-state index in [9.17, 15) is 26.4 Å². The normalized spacial score (nSPS) is 24.2. The molecule has 2 saturated heterocycles. The minimum Gasteiger partial charge on any atom is -0.326 e. The maximum Gasteiger partial charge on any atom is 0.398 e. The number of β-lactam (4-membered cyclic amide) rings is 1. The van der Waals surface area contributed by atoms with Crippen LogP contribution >= 0.6 is 0 Å². The first-order chi connectivity index (χ1) is 12.0. The van der Waals surface area contributed by atoms with Crippen LogP contribution in [0.2, 0.25) is 0 Å². The topological polar surface area (TPSA) is 159 Å². The molecule has 2 fully saturated rings. The molecule has 0 bridgehead atoms. The molecule has 3 rings (SSSR count). The molecule has 2 heterocycles. The van der Waals surface area contributed by atoms with Gasteiger partial charge in [0.15, 0.2) is 6.10 Å². The van der Waals surface area contributed by atoms with E-state index >= 15 is 0 Å². The summed E-state index contributed by atoms with van der Waals surface area (Å²) in [5.74, 6) is -1.92. The van der Waals surface area contributed by atoms with Gasteiger partial charge in [-0.25, -0.2) is 8.49 Å². The lowest BCUT2D eigenvalue weighted by atomic mass is 9.99. The average molecular weight is 406 g/mol. The van der Waals surface area contributed by atoms with Gasteiger partial charge >= 0.3 is 20.7 Å². The lowest BCUT2D eigenvalue weighted by Crippen LogP contribution is -2.68. The van der Waals surface area contributed by atoms with Crippen LogP contribution in [0.5, 0.6) is 0 Å². The number of rotatable bonds is 5. The lowest BCUT2D eigenvalue weighted by molar-refractivity contribution is -0.155. The largest absolute Gasteiger partial charge is 0.398 e. The molecule has 142 valence electrons. The zero-order chi connectivity index (χ0) is 19.3. The highest BCUT2D eigenvalue weighted by molar-refractivity contribution is 7.84. The fraction of sp³-hybridized carbons (Fsp3) is 0.385. The monoisotopic (exact) mass is 406 g/mol. The Morgan fingerprint density at radius 3 is 2.31 bits per heavy atom. The second kappa shape index (κ2) is 6.28. The molecule has 26 heavy (non-hydrogen) atoms. The predicted molar refractivity (Wildman–Crippen MR) is 84.1 cm³/mol. The molecule has 3 unspecified atom stereocenters. The second-order valence-corrected chi connectivity index (χ2v) is 8.10. The van der Waals surface area contributed by atoms with Crippen molar-refractivity contribution in [1.29, 1.82) is 0 Å². The minimum absolute atomic E-state index is 0.0515. The first-order valence-electron chi connectivity index (χ1n) is 7.32. The molecule has 2 aliphatic rings. The summed E-state index contributed by atoms with van der Waals surface area (Å²) < 4.78 is 67.4. The van der Waals surface area contributed by atoms with E-state index < -0.39 is 50.7 Å². The first-order valence-corrected chi connectivity index (χ1v) is 10.1. The molecule has 2 amide bonds. The van der Waals surface area contributed by atoms with Gasteiger partial charge in [0.25, 0.3) is 11.8 Å². The van der Waals surface area contributed by atoms with Crippen molar-refractivity contribution in [3.63, 3.8) is 0 Å². The van der Waals surface area contributed by atoms with Crippen molar-refractivity contribution in [2.24, 2.45) is 0 Å². The van der Waals surface area contributed by atoms with E-state index in [0.717, 1.165) is 4.90 Å². The van der Waals surface area contributed by atoms with Crippen LogP contribution in [0.25, 0.3) is 0 Å². The number of hydrogen-bond acceptors (Lipinski definition) is 7. The van der Waals surface area contributed by atoms with Gasteiger partial charge < -0.3 is 4.90 Å². The van der Waals surface area contributed by atoms with Crippen molar-refractivity contribution < 1.29 is 39.7 Å². The van der Waals surface area contributed by atoms with E-state index in [1.807, 2.05) is 0 Å². The number of amides is 2. The zero-order valence-electron chi connectivity index (χ0n) is 13.0. The van der Waals surface area contributed by atoms with Gasteiger partial charge in [-0.2, -0.15) is 16.8 Å². The second-order valence-electron chi connectivity index (χ2n) is 5.76. The Kier molecular flexibility index (Phi) is 4.52. The fourth-order valence-corrected chi connectivity index (χ4v) is 4.54. The van der Waals surface area contributed by atoms with Crippen molar-refractivity contribution in [3.05, 3.63) is 35.9 Å². The predicted octanol–water partition coefficient (Wildman–Crippen LogP) is -0.838. The molecule has 1 aromatic rings. The van der Waals surface area contributed by atoms with Crippen LogP contribution in [0.4, 0.5) is 0 Å². The number of hydrogen-bond donors (Lipinski definition) is 2. The Labute approximate surface area is 149 Å². The van der Waals surface area contributed by atoms with E-state index in [1.54, 1.807) is 6.07 Å². The third-order valence-corrected chi connectivity index (χ3v) is 5.60. The smallest absolute Gasteiger partial charge is 0.326 e. The summed E-state index contributed by atoms with van der Waals surface area (Å²) in [6.07, 6.45) is -1.66. The van der Waals surface area contributed by atoms with E-state index in [2.05, 4.69) is 4.18 Å². The summed E-state index contributed by atoms with van der Waals surface area (Å²) in [4.78, 5) is 25.8. The molecular formula is C13H14N2O9S2.